The molecule has 0 aliphatic carbocycles. The second kappa shape index (κ2) is 7.12. The van der Waals surface area contributed by atoms with Gasteiger partial charge in [0.15, 0.2) is 0 Å². The Balaban J connectivity index is 1.59. The highest BCUT2D eigenvalue weighted by Gasteiger charge is 2.29. The van der Waals surface area contributed by atoms with Crippen molar-refractivity contribution in [2.24, 2.45) is 0 Å². The highest BCUT2D eigenvalue weighted by Crippen LogP contribution is 2.27. The summed E-state index contributed by atoms with van der Waals surface area (Å²) in [5.74, 6) is -0.0786. The fourth-order valence-corrected chi connectivity index (χ4v) is 2.73. The van der Waals surface area contributed by atoms with Gasteiger partial charge < -0.3 is 15.5 Å². The number of rotatable bonds is 4. The van der Waals surface area contributed by atoms with Crippen LogP contribution in [0.4, 0.5) is 26.4 Å². The first-order valence-corrected chi connectivity index (χ1v) is 7.70. The van der Waals surface area contributed by atoms with Gasteiger partial charge in [0.25, 0.3) is 0 Å². The minimum absolute atomic E-state index is 0.0566. The van der Waals surface area contributed by atoms with E-state index >= 15 is 0 Å². The number of carbonyl (C=O) groups is 1. The standard InChI is InChI=1S/C16H16FN5O3/c17-11-3-5-12(6-4-11)19-16(23)20-13-7-9-21(10-13)15-14(22(24)25)2-1-8-18-15/h1-6,8,13H,7,9-10H2,(H2,19,20,23). The van der Waals surface area contributed by atoms with Gasteiger partial charge in [-0.2, -0.15) is 0 Å². The van der Waals surface area contributed by atoms with Crippen molar-refractivity contribution in [3.8, 4) is 0 Å². The number of nitrogens with zero attached hydrogens (tertiary/aromatic N) is 3. The maximum atomic E-state index is 12.9. The fourth-order valence-electron chi connectivity index (χ4n) is 2.73. The number of pyridine rings is 1. The molecule has 2 heterocycles. The topological polar surface area (TPSA) is 100 Å². The molecule has 1 saturated heterocycles. The third kappa shape index (κ3) is 4.00. The molecule has 2 amide bonds. The molecule has 1 aromatic carbocycles. The molecule has 25 heavy (non-hydrogen) atoms. The van der Waals surface area contributed by atoms with E-state index in [1.807, 2.05) is 0 Å². The van der Waals surface area contributed by atoms with E-state index < -0.39 is 11.0 Å². The summed E-state index contributed by atoms with van der Waals surface area (Å²) < 4.78 is 12.9. The van der Waals surface area contributed by atoms with E-state index in [2.05, 4.69) is 15.6 Å². The number of nitrogens with one attached hydrogen (secondary N) is 2. The Morgan fingerprint density at radius 2 is 2.08 bits per heavy atom. The Morgan fingerprint density at radius 3 is 2.80 bits per heavy atom. The van der Waals surface area contributed by atoms with Crippen LogP contribution >= 0.6 is 0 Å². The molecule has 2 N–H and O–H groups in total. The molecule has 8 nitrogen and oxygen atoms in total. The summed E-state index contributed by atoms with van der Waals surface area (Å²) in [5.41, 5.74) is 0.424. The summed E-state index contributed by atoms with van der Waals surface area (Å²) in [6.45, 7) is 0.980. The number of carbonyl (C=O) groups excluding carboxylic acids is 1. The van der Waals surface area contributed by atoms with Gasteiger partial charge in [-0.3, -0.25) is 10.1 Å². The summed E-state index contributed by atoms with van der Waals surface area (Å²) in [6, 6.07) is 7.80. The number of urea groups is 1. The normalized spacial score (nSPS) is 16.5. The van der Waals surface area contributed by atoms with E-state index in [9.17, 15) is 19.3 Å². The van der Waals surface area contributed by atoms with Crippen LogP contribution in [0.5, 0.6) is 0 Å². The van der Waals surface area contributed by atoms with Crippen molar-refractivity contribution in [2.75, 3.05) is 23.3 Å². The van der Waals surface area contributed by atoms with Crippen LogP contribution in [0.1, 0.15) is 6.42 Å². The lowest BCUT2D eigenvalue weighted by molar-refractivity contribution is -0.384. The van der Waals surface area contributed by atoms with Crippen LogP contribution in [0.2, 0.25) is 0 Å². The quantitative estimate of drug-likeness (QED) is 0.655. The first-order valence-electron chi connectivity index (χ1n) is 7.70. The summed E-state index contributed by atoms with van der Waals surface area (Å²) in [4.78, 5) is 28.5. The van der Waals surface area contributed by atoms with Gasteiger partial charge >= 0.3 is 11.7 Å². The van der Waals surface area contributed by atoms with Crippen LogP contribution < -0.4 is 15.5 Å². The second-order valence-electron chi connectivity index (χ2n) is 5.64. The van der Waals surface area contributed by atoms with Gasteiger partial charge in [0.05, 0.1) is 4.92 Å². The average Bonchev–Trinajstić information content (AvgIpc) is 3.05. The Kier molecular flexibility index (Phi) is 4.73. The van der Waals surface area contributed by atoms with Gasteiger partial charge in [0.2, 0.25) is 5.82 Å². The lowest BCUT2D eigenvalue weighted by Crippen LogP contribution is -2.39. The van der Waals surface area contributed by atoms with E-state index in [-0.39, 0.29) is 17.5 Å². The Labute approximate surface area is 142 Å². The summed E-state index contributed by atoms with van der Waals surface area (Å²) in [7, 11) is 0. The van der Waals surface area contributed by atoms with Gasteiger partial charge in [-0.25, -0.2) is 14.2 Å². The van der Waals surface area contributed by atoms with Gasteiger partial charge in [-0.15, -0.1) is 0 Å². The number of aromatic nitrogens is 1. The van der Waals surface area contributed by atoms with Gasteiger partial charge in [-0.1, -0.05) is 0 Å². The van der Waals surface area contributed by atoms with Crippen molar-refractivity contribution in [1.29, 1.82) is 0 Å². The number of hydrogen-bond acceptors (Lipinski definition) is 5. The van der Waals surface area contributed by atoms with Crippen LogP contribution in [0.3, 0.4) is 0 Å². The lowest BCUT2D eigenvalue weighted by atomic mass is 10.2. The molecule has 2 aromatic rings. The molecule has 0 saturated carbocycles. The van der Waals surface area contributed by atoms with Crippen molar-refractivity contribution in [3.63, 3.8) is 0 Å². The van der Waals surface area contributed by atoms with Gasteiger partial charge in [0, 0.05) is 37.1 Å². The first-order chi connectivity index (χ1) is 12.0. The first kappa shape index (κ1) is 16.6. The molecular weight excluding hydrogens is 329 g/mol. The number of hydrogen-bond donors (Lipinski definition) is 2. The summed E-state index contributed by atoms with van der Waals surface area (Å²) >= 11 is 0. The van der Waals surface area contributed by atoms with Gasteiger partial charge in [0.1, 0.15) is 5.82 Å². The van der Waals surface area contributed by atoms with E-state index in [0.717, 1.165) is 0 Å². The smallest absolute Gasteiger partial charge is 0.319 e. The van der Waals surface area contributed by atoms with Crippen molar-refractivity contribution in [1.82, 2.24) is 10.3 Å². The molecular formula is C16H16FN5O3. The van der Waals surface area contributed by atoms with E-state index in [0.29, 0.717) is 31.0 Å². The average molecular weight is 345 g/mol. The maximum absolute atomic E-state index is 12.9. The molecule has 0 spiro atoms. The van der Waals surface area contributed by atoms with Crippen LogP contribution in [0.25, 0.3) is 0 Å². The zero-order chi connectivity index (χ0) is 17.8. The molecule has 3 rings (SSSR count). The zero-order valence-corrected chi connectivity index (χ0v) is 13.2. The Hall–Kier alpha value is -3.23. The van der Waals surface area contributed by atoms with E-state index in [1.54, 1.807) is 4.90 Å². The highest BCUT2D eigenvalue weighted by atomic mass is 19.1. The van der Waals surface area contributed by atoms with Crippen LogP contribution in [-0.4, -0.2) is 35.1 Å². The molecule has 0 radical (unpaired) electrons. The van der Waals surface area contributed by atoms with Gasteiger partial charge in [-0.05, 0) is 36.8 Å². The van der Waals surface area contributed by atoms with E-state index in [4.69, 9.17) is 0 Å². The molecule has 1 aromatic heterocycles. The molecule has 0 bridgehead atoms. The predicted octanol–water partition coefficient (Wildman–Crippen LogP) is 2.53. The third-order valence-corrected chi connectivity index (χ3v) is 3.89. The number of halogens is 1. The molecule has 1 unspecified atom stereocenters. The van der Waals surface area contributed by atoms with E-state index in [1.165, 1.54) is 42.6 Å². The summed E-state index contributed by atoms with van der Waals surface area (Å²) in [6.07, 6.45) is 2.15. The number of benzene rings is 1. The molecule has 1 aliphatic rings. The predicted molar refractivity (Wildman–Crippen MR) is 90.1 cm³/mol. The minimum Gasteiger partial charge on any atom is -0.349 e. The maximum Gasteiger partial charge on any atom is 0.319 e. The van der Waals surface area contributed by atoms with Crippen LogP contribution in [0, 0.1) is 15.9 Å². The van der Waals surface area contributed by atoms with Crippen molar-refractivity contribution in [2.45, 2.75) is 12.5 Å². The summed E-state index contributed by atoms with van der Waals surface area (Å²) in [5, 5.41) is 16.5. The minimum atomic E-state index is -0.468. The lowest BCUT2D eigenvalue weighted by Gasteiger charge is -2.18. The van der Waals surface area contributed by atoms with Crippen molar-refractivity contribution < 1.29 is 14.1 Å². The SMILES string of the molecule is O=C(Nc1ccc(F)cc1)NC1CCN(c2ncccc2[N+](=O)[O-])C1. The van der Waals surface area contributed by atoms with Crippen molar-refractivity contribution in [3.05, 3.63) is 58.5 Å². The monoisotopic (exact) mass is 345 g/mol. The molecule has 130 valence electrons. The molecule has 9 heteroatoms. The number of nitro groups is 1. The van der Waals surface area contributed by atoms with Crippen LogP contribution in [0.15, 0.2) is 42.6 Å². The molecule has 1 atom stereocenters. The van der Waals surface area contributed by atoms with Crippen LogP contribution in [-0.2, 0) is 0 Å². The van der Waals surface area contributed by atoms with Crippen molar-refractivity contribution >= 4 is 23.2 Å². The highest BCUT2D eigenvalue weighted by molar-refractivity contribution is 5.89. The zero-order valence-electron chi connectivity index (χ0n) is 13.2. The number of anilines is 2. The molecule has 1 fully saturated rings. The Bertz CT molecular complexity index is 784. The molecule has 1 aliphatic heterocycles. The third-order valence-electron chi connectivity index (χ3n) is 3.89. The fraction of sp³-hybridized carbons (Fsp3) is 0.250. The Morgan fingerprint density at radius 1 is 1.32 bits per heavy atom. The largest absolute Gasteiger partial charge is 0.349 e. The number of amides is 2. The second-order valence-corrected chi connectivity index (χ2v) is 5.64.